The molecule has 0 bridgehead atoms. The molecule has 0 aliphatic carbocycles. The van der Waals surface area contributed by atoms with E-state index in [0.29, 0.717) is 11.3 Å². The zero-order valence-corrected chi connectivity index (χ0v) is 14.3. The topological polar surface area (TPSA) is 69.1 Å². The van der Waals surface area contributed by atoms with Gasteiger partial charge in [-0.25, -0.2) is 9.97 Å². The lowest BCUT2D eigenvalue weighted by Gasteiger charge is -2.07. The van der Waals surface area contributed by atoms with E-state index < -0.39 is 12.6 Å². The first kappa shape index (κ1) is 18.7. The monoisotopic (exact) mass is 351 g/mol. The Balaban J connectivity index is 0.00000109. The number of nitrogens with two attached hydrogens (primary N) is 1. The van der Waals surface area contributed by atoms with Gasteiger partial charge in [0.2, 0.25) is 5.95 Å². The van der Waals surface area contributed by atoms with E-state index in [2.05, 4.69) is 15.1 Å². The number of benzene rings is 1. The summed E-state index contributed by atoms with van der Waals surface area (Å²) in [6, 6.07) is 9.39. The molecule has 0 saturated carbocycles. The lowest BCUT2D eigenvalue weighted by Crippen LogP contribution is -2.09. The van der Waals surface area contributed by atoms with Crippen LogP contribution in [0, 0.1) is 6.92 Å². The number of anilines is 1. The molecule has 0 amide bonds. The summed E-state index contributed by atoms with van der Waals surface area (Å²) in [5.74, 6) is 0.194. The normalized spacial score (nSPS) is 11.3. The number of aromatic nitrogens is 4. The van der Waals surface area contributed by atoms with Gasteiger partial charge in [-0.05, 0) is 6.92 Å². The van der Waals surface area contributed by atoms with Crippen molar-refractivity contribution in [3.63, 3.8) is 0 Å². The van der Waals surface area contributed by atoms with Crippen molar-refractivity contribution in [2.24, 2.45) is 0 Å². The summed E-state index contributed by atoms with van der Waals surface area (Å²) >= 11 is 0. The molecule has 5 nitrogen and oxygen atoms in total. The van der Waals surface area contributed by atoms with Crippen LogP contribution in [0.4, 0.5) is 19.1 Å². The molecule has 0 spiro atoms. The van der Waals surface area contributed by atoms with Gasteiger partial charge in [-0.1, -0.05) is 44.2 Å². The van der Waals surface area contributed by atoms with Gasteiger partial charge in [0.25, 0.3) is 0 Å². The first-order valence-electron chi connectivity index (χ1n) is 7.99. The minimum absolute atomic E-state index is 0.0928. The Morgan fingerprint density at radius 2 is 1.72 bits per heavy atom. The second-order valence-electron chi connectivity index (χ2n) is 5.19. The van der Waals surface area contributed by atoms with Gasteiger partial charge in [-0.2, -0.15) is 17.7 Å². The Morgan fingerprint density at radius 1 is 1.08 bits per heavy atom. The van der Waals surface area contributed by atoms with Crippen LogP contribution in [-0.2, 0) is 6.42 Å². The quantitative estimate of drug-likeness (QED) is 0.768. The van der Waals surface area contributed by atoms with Crippen molar-refractivity contribution < 1.29 is 13.2 Å². The second kappa shape index (κ2) is 7.50. The summed E-state index contributed by atoms with van der Waals surface area (Å²) in [7, 11) is 0. The number of aryl methyl sites for hydroxylation is 2. The van der Waals surface area contributed by atoms with Crippen LogP contribution in [-0.4, -0.2) is 25.8 Å². The summed E-state index contributed by atoms with van der Waals surface area (Å²) in [5, 5.41) is 4.03. The Labute approximate surface area is 143 Å². The third kappa shape index (κ3) is 4.26. The van der Waals surface area contributed by atoms with Crippen LogP contribution in [0.15, 0.2) is 30.3 Å². The number of fused-ring (bicyclic) bond motifs is 1. The number of nitrogen functional groups attached to an aromatic ring is 1. The van der Waals surface area contributed by atoms with E-state index in [1.54, 1.807) is 6.92 Å². The van der Waals surface area contributed by atoms with E-state index in [1.807, 2.05) is 44.2 Å². The van der Waals surface area contributed by atoms with Crippen molar-refractivity contribution in [2.45, 2.75) is 39.8 Å². The van der Waals surface area contributed by atoms with Crippen LogP contribution < -0.4 is 5.73 Å². The van der Waals surface area contributed by atoms with Crippen molar-refractivity contribution in [1.29, 1.82) is 0 Å². The van der Waals surface area contributed by atoms with Crippen LogP contribution >= 0.6 is 0 Å². The molecule has 0 aliphatic rings. The summed E-state index contributed by atoms with van der Waals surface area (Å²) in [6.45, 7) is 5.80. The molecule has 0 saturated heterocycles. The molecule has 3 rings (SSSR count). The molecule has 0 atom stereocenters. The highest BCUT2D eigenvalue weighted by molar-refractivity contribution is 5.70. The van der Waals surface area contributed by atoms with Gasteiger partial charge in [0.1, 0.15) is 0 Å². The Hall–Kier alpha value is -2.64. The van der Waals surface area contributed by atoms with E-state index in [4.69, 9.17) is 5.73 Å². The zero-order valence-electron chi connectivity index (χ0n) is 14.3. The number of rotatable bonds is 3. The first-order chi connectivity index (χ1) is 11.8. The van der Waals surface area contributed by atoms with Crippen molar-refractivity contribution in [3.8, 4) is 11.3 Å². The van der Waals surface area contributed by atoms with Crippen molar-refractivity contribution in [1.82, 2.24) is 19.6 Å². The van der Waals surface area contributed by atoms with E-state index in [1.165, 1.54) is 4.52 Å². The van der Waals surface area contributed by atoms with Crippen LogP contribution in [0.1, 0.15) is 31.7 Å². The third-order valence-corrected chi connectivity index (χ3v) is 3.46. The van der Waals surface area contributed by atoms with Gasteiger partial charge in [-0.15, -0.1) is 5.10 Å². The molecule has 2 heterocycles. The average Bonchev–Trinajstić information content (AvgIpc) is 3.04. The predicted molar refractivity (Wildman–Crippen MR) is 91.1 cm³/mol. The number of halogens is 3. The lowest BCUT2D eigenvalue weighted by molar-refractivity contribution is -0.134. The summed E-state index contributed by atoms with van der Waals surface area (Å²) in [5.41, 5.74) is 8.53. The maximum atomic E-state index is 12.3. The minimum atomic E-state index is -4.24. The summed E-state index contributed by atoms with van der Waals surface area (Å²) < 4.78 is 38.3. The molecule has 1 aromatic carbocycles. The summed E-state index contributed by atoms with van der Waals surface area (Å²) in [4.78, 5) is 8.50. The van der Waals surface area contributed by atoms with E-state index >= 15 is 0 Å². The number of alkyl halides is 3. The number of hydrogen-bond donors (Lipinski definition) is 1. The maximum Gasteiger partial charge on any atom is 0.389 e. The molecule has 0 aliphatic heterocycles. The van der Waals surface area contributed by atoms with Crippen LogP contribution in [0.3, 0.4) is 0 Å². The van der Waals surface area contributed by atoms with E-state index in [0.717, 1.165) is 11.1 Å². The molecular formula is C17H20F3N5. The highest BCUT2D eigenvalue weighted by Crippen LogP contribution is 2.26. The smallest absolute Gasteiger partial charge is 0.368 e. The SMILES string of the molecule is CC.Cc1c(-c2ccccc2)nc(N)n2nc(CCC(F)(F)F)nc12. The molecule has 0 fully saturated rings. The Kier molecular flexibility index (Phi) is 5.61. The molecular weight excluding hydrogens is 331 g/mol. The molecule has 0 unspecified atom stereocenters. The first-order valence-corrected chi connectivity index (χ1v) is 7.99. The standard InChI is InChI=1S/C15H14F3N5.C2H6/c1-9-12(10-5-3-2-4-6-10)21-14(19)23-13(9)20-11(22-23)7-8-15(16,17)18;1-2/h2-6H,7-8H2,1H3,(H2,19,21);1-2H3. The molecule has 25 heavy (non-hydrogen) atoms. The molecule has 8 heteroatoms. The number of hydrogen-bond acceptors (Lipinski definition) is 4. The highest BCUT2D eigenvalue weighted by atomic mass is 19.4. The molecule has 134 valence electrons. The van der Waals surface area contributed by atoms with Gasteiger partial charge in [0, 0.05) is 17.5 Å². The van der Waals surface area contributed by atoms with Crippen molar-refractivity contribution in [3.05, 3.63) is 41.7 Å². The second-order valence-corrected chi connectivity index (χ2v) is 5.19. The van der Waals surface area contributed by atoms with Crippen molar-refractivity contribution >= 4 is 11.6 Å². The third-order valence-electron chi connectivity index (χ3n) is 3.46. The molecule has 2 aromatic heterocycles. The van der Waals surface area contributed by atoms with Crippen LogP contribution in [0.5, 0.6) is 0 Å². The van der Waals surface area contributed by atoms with Gasteiger partial charge < -0.3 is 5.73 Å². The highest BCUT2D eigenvalue weighted by Gasteiger charge is 2.27. The molecule has 3 aromatic rings. The van der Waals surface area contributed by atoms with Crippen molar-refractivity contribution in [2.75, 3.05) is 5.73 Å². The largest absolute Gasteiger partial charge is 0.389 e. The fourth-order valence-corrected chi connectivity index (χ4v) is 2.35. The maximum absolute atomic E-state index is 12.3. The molecule has 2 N–H and O–H groups in total. The zero-order chi connectivity index (χ0) is 18.6. The minimum Gasteiger partial charge on any atom is -0.368 e. The lowest BCUT2D eigenvalue weighted by atomic mass is 10.1. The Bertz CT molecular complexity index is 841. The summed E-state index contributed by atoms with van der Waals surface area (Å²) in [6.07, 6.45) is -5.50. The van der Waals surface area contributed by atoms with Gasteiger partial charge in [-0.3, -0.25) is 0 Å². The molecule has 0 radical (unpaired) electrons. The van der Waals surface area contributed by atoms with E-state index in [9.17, 15) is 13.2 Å². The van der Waals surface area contributed by atoms with Gasteiger partial charge >= 0.3 is 6.18 Å². The number of nitrogens with zero attached hydrogens (tertiary/aromatic N) is 4. The Morgan fingerprint density at radius 3 is 2.32 bits per heavy atom. The van der Waals surface area contributed by atoms with Gasteiger partial charge in [0.05, 0.1) is 12.1 Å². The van der Waals surface area contributed by atoms with Crippen LogP contribution in [0.25, 0.3) is 16.9 Å². The predicted octanol–water partition coefficient (Wildman–Crippen LogP) is 4.20. The fraction of sp³-hybridized carbons (Fsp3) is 0.353. The van der Waals surface area contributed by atoms with E-state index in [-0.39, 0.29) is 18.2 Å². The van der Waals surface area contributed by atoms with Gasteiger partial charge in [0.15, 0.2) is 11.5 Å². The fourth-order valence-electron chi connectivity index (χ4n) is 2.35. The average molecular weight is 351 g/mol. The van der Waals surface area contributed by atoms with Crippen LogP contribution in [0.2, 0.25) is 0 Å².